The van der Waals surface area contributed by atoms with Crippen LogP contribution in [0.3, 0.4) is 0 Å². The number of anilines is 1. The van der Waals surface area contributed by atoms with E-state index in [0.717, 1.165) is 4.88 Å². The summed E-state index contributed by atoms with van der Waals surface area (Å²) in [4.78, 5) is 24.8. The minimum absolute atomic E-state index is 0.161. The molecule has 1 aromatic heterocycles. The lowest BCUT2D eigenvalue weighted by Crippen LogP contribution is -2.38. The fraction of sp³-hybridized carbons (Fsp3) is 0.250. The Morgan fingerprint density at radius 1 is 1.21 bits per heavy atom. The Bertz CT molecular complexity index is 749. The van der Waals surface area contributed by atoms with Crippen LogP contribution in [0.15, 0.2) is 30.3 Å². The predicted molar refractivity (Wildman–Crippen MR) is 96.9 cm³/mol. The summed E-state index contributed by atoms with van der Waals surface area (Å²) in [6.45, 7) is 1.92. The molecule has 5 nitrogen and oxygen atoms in total. The van der Waals surface area contributed by atoms with Crippen molar-refractivity contribution in [3.05, 3.63) is 50.1 Å². The molecule has 8 heteroatoms. The van der Waals surface area contributed by atoms with Crippen LogP contribution in [0.4, 0.5) is 5.69 Å². The zero-order valence-corrected chi connectivity index (χ0v) is 15.4. The van der Waals surface area contributed by atoms with Gasteiger partial charge >= 0.3 is 11.8 Å². The number of hydrogen-bond donors (Lipinski definition) is 2. The summed E-state index contributed by atoms with van der Waals surface area (Å²) in [5.41, 5.74) is 1.19. The second kappa shape index (κ2) is 8.48. The van der Waals surface area contributed by atoms with E-state index >= 15 is 0 Å². The van der Waals surface area contributed by atoms with E-state index in [0.29, 0.717) is 20.6 Å². The van der Waals surface area contributed by atoms with Crippen LogP contribution in [0, 0.1) is 6.92 Å². The number of thiophene rings is 1. The van der Waals surface area contributed by atoms with Crippen molar-refractivity contribution >= 4 is 52.0 Å². The SMILES string of the molecule is COC(CNC(=O)C(=O)Nc1cccc(Cl)c1C)c1ccc(Cl)s1. The number of ether oxygens (including phenoxy) is 1. The molecule has 0 aliphatic rings. The first-order valence-corrected chi connectivity index (χ1v) is 8.62. The molecule has 128 valence electrons. The van der Waals surface area contributed by atoms with Gasteiger partial charge in [0.15, 0.2) is 0 Å². The molecule has 1 aromatic carbocycles. The average Bonchev–Trinajstić information content (AvgIpc) is 2.98. The smallest absolute Gasteiger partial charge is 0.313 e. The quantitative estimate of drug-likeness (QED) is 0.767. The molecule has 0 bridgehead atoms. The summed E-state index contributed by atoms with van der Waals surface area (Å²) in [6.07, 6.45) is -0.368. The van der Waals surface area contributed by atoms with E-state index < -0.39 is 11.8 Å². The van der Waals surface area contributed by atoms with Crippen LogP contribution in [0.2, 0.25) is 9.36 Å². The third kappa shape index (κ3) is 4.70. The second-order valence-corrected chi connectivity index (χ2v) is 7.10. The Labute approximate surface area is 153 Å². The summed E-state index contributed by atoms with van der Waals surface area (Å²) >= 11 is 13.2. The molecule has 0 radical (unpaired) electrons. The molecule has 0 aliphatic heterocycles. The van der Waals surface area contributed by atoms with Crippen molar-refractivity contribution in [2.75, 3.05) is 19.0 Å². The van der Waals surface area contributed by atoms with Crippen molar-refractivity contribution in [1.82, 2.24) is 5.32 Å². The standard InChI is InChI=1S/C16H16Cl2N2O3S/c1-9-10(17)4-3-5-11(9)20-16(22)15(21)19-8-12(23-2)13-6-7-14(18)24-13/h3-7,12H,8H2,1-2H3,(H,19,21)(H,20,22). The van der Waals surface area contributed by atoms with Gasteiger partial charge in [-0.25, -0.2) is 0 Å². The summed E-state index contributed by atoms with van der Waals surface area (Å²) < 4.78 is 5.95. The maximum atomic E-state index is 12.0. The lowest BCUT2D eigenvalue weighted by Gasteiger charge is -2.15. The van der Waals surface area contributed by atoms with E-state index in [9.17, 15) is 9.59 Å². The van der Waals surface area contributed by atoms with Crippen LogP contribution in [-0.4, -0.2) is 25.5 Å². The van der Waals surface area contributed by atoms with Crippen LogP contribution < -0.4 is 10.6 Å². The average molecular weight is 387 g/mol. The maximum absolute atomic E-state index is 12.0. The predicted octanol–water partition coefficient (Wildman–Crippen LogP) is 3.81. The molecule has 24 heavy (non-hydrogen) atoms. The fourth-order valence-corrected chi connectivity index (χ4v) is 3.30. The molecule has 0 spiro atoms. The minimum atomic E-state index is -0.764. The van der Waals surface area contributed by atoms with Gasteiger partial charge in [-0.15, -0.1) is 11.3 Å². The van der Waals surface area contributed by atoms with Crippen LogP contribution in [0.1, 0.15) is 16.5 Å². The Kier molecular flexibility index (Phi) is 6.62. The molecule has 2 amide bonds. The van der Waals surface area contributed by atoms with Gasteiger partial charge < -0.3 is 15.4 Å². The van der Waals surface area contributed by atoms with Gasteiger partial charge in [0.2, 0.25) is 0 Å². The highest BCUT2D eigenvalue weighted by Crippen LogP contribution is 2.28. The first-order chi connectivity index (χ1) is 11.4. The summed E-state index contributed by atoms with van der Waals surface area (Å²) in [5, 5.41) is 5.61. The number of halogens is 2. The van der Waals surface area contributed by atoms with Crippen LogP contribution in [0.5, 0.6) is 0 Å². The fourth-order valence-electron chi connectivity index (χ4n) is 1.99. The molecule has 2 N–H and O–H groups in total. The van der Waals surface area contributed by atoms with Crippen LogP contribution >= 0.6 is 34.5 Å². The van der Waals surface area contributed by atoms with E-state index in [1.54, 1.807) is 31.2 Å². The Morgan fingerprint density at radius 2 is 1.96 bits per heavy atom. The molecule has 1 heterocycles. The molecule has 0 saturated carbocycles. The van der Waals surface area contributed by atoms with Gasteiger partial charge in [0.05, 0.1) is 4.34 Å². The van der Waals surface area contributed by atoms with E-state index in [1.807, 2.05) is 6.07 Å². The molecule has 1 unspecified atom stereocenters. The number of carbonyl (C=O) groups is 2. The van der Waals surface area contributed by atoms with Crippen molar-refractivity contribution in [3.8, 4) is 0 Å². The Balaban J connectivity index is 1.94. The highest BCUT2D eigenvalue weighted by molar-refractivity contribution is 7.16. The van der Waals surface area contributed by atoms with Gasteiger partial charge in [0.25, 0.3) is 0 Å². The van der Waals surface area contributed by atoms with Crippen molar-refractivity contribution in [2.24, 2.45) is 0 Å². The summed E-state index contributed by atoms with van der Waals surface area (Å²) in [7, 11) is 1.53. The van der Waals surface area contributed by atoms with Crippen molar-refractivity contribution < 1.29 is 14.3 Å². The number of nitrogens with one attached hydrogen (secondary N) is 2. The monoisotopic (exact) mass is 386 g/mol. The molecular weight excluding hydrogens is 371 g/mol. The topological polar surface area (TPSA) is 67.4 Å². The number of rotatable bonds is 5. The molecular formula is C16H16Cl2N2O3S. The van der Waals surface area contributed by atoms with E-state index in [1.165, 1.54) is 18.4 Å². The molecule has 2 rings (SSSR count). The zero-order valence-electron chi connectivity index (χ0n) is 13.1. The number of methoxy groups -OCH3 is 1. The van der Waals surface area contributed by atoms with E-state index in [-0.39, 0.29) is 12.6 Å². The van der Waals surface area contributed by atoms with E-state index in [2.05, 4.69) is 10.6 Å². The first-order valence-electron chi connectivity index (χ1n) is 7.04. The lowest BCUT2D eigenvalue weighted by molar-refractivity contribution is -0.136. The normalized spacial score (nSPS) is 11.8. The van der Waals surface area contributed by atoms with Crippen molar-refractivity contribution in [3.63, 3.8) is 0 Å². The van der Waals surface area contributed by atoms with Crippen LogP contribution in [-0.2, 0) is 14.3 Å². The highest BCUT2D eigenvalue weighted by Gasteiger charge is 2.19. The van der Waals surface area contributed by atoms with Crippen molar-refractivity contribution in [2.45, 2.75) is 13.0 Å². The molecule has 2 aromatic rings. The zero-order chi connectivity index (χ0) is 17.7. The maximum Gasteiger partial charge on any atom is 0.313 e. The van der Waals surface area contributed by atoms with Gasteiger partial charge in [0.1, 0.15) is 6.10 Å². The number of benzene rings is 1. The Hall–Kier alpha value is -1.60. The second-order valence-electron chi connectivity index (χ2n) is 4.94. The van der Waals surface area contributed by atoms with E-state index in [4.69, 9.17) is 27.9 Å². The minimum Gasteiger partial charge on any atom is -0.374 e. The largest absolute Gasteiger partial charge is 0.374 e. The first kappa shape index (κ1) is 18.7. The van der Waals surface area contributed by atoms with Crippen LogP contribution in [0.25, 0.3) is 0 Å². The van der Waals surface area contributed by atoms with Gasteiger partial charge in [-0.3, -0.25) is 9.59 Å². The molecule has 0 saturated heterocycles. The van der Waals surface area contributed by atoms with Gasteiger partial charge in [0, 0.05) is 29.2 Å². The Morgan fingerprint density at radius 3 is 2.58 bits per heavy atom. The molecule has 0 aliphatic carbocycles. The lowest BCUT2D eigenvalue weighted by atomic mass is 10.2. The van der Waals surface area contributed by atoms with Gasteiger partial charge in [-0.2, -0.15) is 0 Å². The number of carbonyl (C=O) groups excluding carboxylic acids is 2. The molecule has 0 fully saturated rings. The van der Waals surface area contributed by atoms with Gasteiger partial charge in [-0.05, 0) is 36.8 Å². The summed E-state index contributed by atoms with van der Waals surface area (Å²) in [6, 6.07) is 8.66. The number of hydrogen-bond acceptors (Lipinski definition) is 4. The highest BCUT2D eigenvalue weighted by atomic mass is 35.5. The summed E-state index contributed by atoms with van der Waals surface area (Å²) in [5.74, 6) is -1.52. The third-order valence-electron chi connectivity index (χ3n) is 3.37. The van der Waals surface area contributed by atoms with Crippen molar-refractivity contribution in [1.29, 1.82) is 0 Å². The third-order valence-corrected chi connectivity index (χ3v) is 5.10. The number of amides is 2. The molecule has 1 atom stereocenters. The van der Waals surface area contributed by atoms with Gasteiger partial charge in [-0.1, -0.05) is 29.3 Å².